The van der Waals surface area contributed by atoms with Crippen molar-refractivity contribution in [2.45, 2.75) is 59.8 Å². The fourth-order valence-corrected chi connectivity index (χ4v) is 4.69. The van der Waals surface area contributed by atoms with Gasteiger partial charge in [0.25, 0.3) is 6.29 Å². The molecule has 1 aromatic carbocycles. The van der Waals surface area contributed by atoms with Crippen LogP contribution in [0.1, 0.15) is 57.8 Å². The van der Waals surface area contributed by atoms with Crippen LogP contribution >= 0.6 is 12.4 Å². The molecule has 12 nitrogen and oxygen atoms in total. The molecule has 0 N–H and O–H groups in total. The molecule has 3 rings (SSSR count). The Morgan fingerprint density at radius 1 is 0.930 bits per heavy atom. The zero-order valence-corrected chi connectivity index (χ0v) is 26.4. The molecule has 2 aliphatic rings. The third kappa shape index (κ3) is 10.7. The number of carbonyl (C=O) groups is 5. The highest BCUT2D eigenvalue weighted by Gasteiger charge is 2.34. The molecule has 2 amide bonds. The van der Waals surface area contributed by atoms with Crippen molar-refractivity contribution in [3.8, 4) is 5.75 Å². The summed E-state index contributed by atoms with van der Waals surface area (Å²) < 4.78 is 21.0. The minimum atomic E-state index is -0.943. The van der Waals surface area contributed by atoms with Crippen LogP contribution in [0.5, 0.6) is 5.75 Å². The summed E-state index contributed by atoms with van der Waals surface area (Å²) in [6, 6.07) is 6.57. The van der Waals surface area contributed by atoms with Gasteiger partial charge in [-0.3, -0.25) is 19.3 Å². The van der Waals surface area contributed by atoms with Gasteiger partial charge in [0, 0.05) is 43.7 Å². The van der Waals surface area contributed by atoms with Crippen LogP contribution in [0, 0.1) is 11.8 Å². The van der Waals surface area contributed by atoms with Crippen LogP contribution in [0.15, 0.2) is 24.3 Å². The second kappa shape index (κ2) is 17.0. The number of esters is 2. The van der Waals surface area contributed by atoms with E-state index in [1.807, 2.05) is 13.8 Å². The van der Waals surface area contributed by atoms with E-state index < -0.39 is 24.3 Å². The summed E-state index contributed by atoms with van der Waals surface area (Å²) in [6.07, 6.45) is -0.0866. The maximum Gasteiger partial charge on any atom is 0.412 e. The average Bonchev–Trinajstić information content (AvgIpc) is 2.97. The van der Waals surface area contributed by atoms with Crippen molar-refractivity contribution >= 4 is 42.1 Å². The van der Waals surface area contributed by atoms with Crippen molar-refractivity contribution in [1.29, 1.82) is 0 Å². The van der Waals surface area contributed by atoms with Crippen LogP contribution < -0.4 is 4.74 Å². The van der Waals surface area contributed by atoms with Gasteiger partial charge < -0.3 is 28.7 Å². The van der Waals surface area contributed by atoms with Crippen molar-refractivity contribution in [3.63, 3.8) is 0 Å². The van der Waals surface area contributed by atoms with Gasteiger partial charge >= 0.3 is 18.0 Å². The number of benzene rings is 1. The Morgan fingerprint density at radius 2 is 1.58 bits per heavy atom. The average molecular weight is 626 g/mol. The Morgan fingerprint density at radius 3 is 2.14 bits per heavy atom. The molecule has 0 aromatic heterocycles. The summed E-state index contributed by atoms with van der Waals surface area (Å²) in [6.45, 7) is 11.1. The summed E-state index contributed by atoms with van der Waals surface area (Å²) >= 11 is 0. The van der Waals surface area contributed by atoms with E-state index in [1.165, 1.54) is 0 Å². The highest BCUT2D eigenvalue weighted by molar-refractivity contribution is 5.99. The summed E-state index contributed by atoms with van der Waals surface area (Å²) in [5.74, 6) is -1.24. The number of halogens is 1. The van der Waals surface area contributed by atoms with Gasteiger partial charge in [-0.15, -0.1) is 12.4 Å². The Balaban J connectivity index is 0.00000645. The van der Waals surface area contributed by atoms with Crippen LogP contribution in [-0.2, 0) is 28.6 Å². The van der Waals surface area contributed by atoms with Gasteiger partial charge in [0.15, 0.2) is 12.4 Å². The lowest BCUT2D eigenvalue weighted by molar-refractivity contribution is -0.180. The summed E-state index contributed by atoms with van der Waals surface area (Å²) in [5, 5.41) is 0. The van der Waals surface area contributed by atoms with Crippen molar-refractivity contribution < 1.29 is 42.9 Å². The molecule has 1 atom stereocenters. The first-order valence-electron chi connectivity index (χ1n) is 14.6. The first-order chi connectivity index (χ1) is 20.0. The molecule has 2 fully saturated rings. The van der Waals surface area contributed by atoms with Crippen molar-refractivity contribution in [1.82, 2.24) is 14.7 Å². The van der Waals surface area contributed by atoms with E-state index in [0.29, 0.717) is 50.3 Å². The molecule has 0 bridgehead atoms. The number of hydrogen-bond acceptors (Lipinski definition) is 10. The van der Waals surface area contributed by atoms with E-state index in [2.05, 4.69) is 4.90 Å². The van der Waals surface area contributed by atoms with Gasteiger partial charge in [-0.1, -0.05) is 27.7 Å². The Bertz CT molecular complexity index is 1100. The maximum absolute atomic E-state index is 12.9. The lowest BCUT2D eigenvalue weighted by Gasteiger charge is -2.42. The van der Waals surface area contributed by atoms with Crippen molar-refractivity contribution in [2.24, 2.45) is 11.8 Å². The smallest absolute Gasteiger partial charge is 0.412 e. The normalized spacial score (nSPS) is 16.9. The second-order valence-electron chi connectivity index (χ2n) is 11.1. The van der Waals surface area contributed by atoms with E-state index >= 15 is 0 Å². The number of piperidine rings is 1. The Hall–Kier alpha value is -3.38. The predicted octanol–water partition coefficient (Wildman–Crippen LogP) is 3.16. The number of piperazine rings is 1. The molecule has 2 aliphatic heterocycles. The van der Waals surface area contributed by atoms with Gasteiger partial charge in [-0.25, -0.2) is 9.59 Å². The largest absolute Gasteiger partial charge is 0.482 e. The minimum Gasteiger partial charge on any atom is -0.482 e. The van der Waals surface area contributed by atoms with Crippen molar-refractivity contribution in [3.05, 3.63) is 29.8 Å². The van der Waals surface area contributed by atoms with Gasteiger partial charge in [0.2, 0.25) is 5.91 Å². The number of hydrogen-bond donors (Lipinski definition) is 0. The van der Waals surface area contributed by atoms with Gasteiger partial charge in [-0.2, -0.15) is 0 Å². The molecule has 2 heterocycles. The summed E-state index contributed by atoms with van der Waals surface area (Å²) in [7, 11) is 0. The number of rotatable bonds is 12. The van der Waals surface area contributed by atoms with E-state index in [1.54, 1.807) is 54.8 Å². The monoisotopic (exact) mass is 625 g/mol. The molecule has 43 heavy (non-hydrogen) atoms. The molecular formula is C30H44ClN3O9. The molecule has 13 heteroatoms. The van der Waals surface area contributed by atoms with Crippen LogP contribution in [0.25, 0.3) is 0 Å². The molecule has 1 aromatic rings. The van der Waals surface area contributed by atoms with E-state index in [0.717, 1.165) is 0 Å². The quantitative estimate of drug-likeness (QED) is 0.194. The molecular weight excluding hydrogens is 582 g/mol. The Labute approximate surface area is 259 Å². The first kappa shape index (κ1) is 35.8. The highest BCUT2D eigenvalue weighted by atomic mass is 35.5. The Kier molecular flexibility index (Phi) is 14.2. The van der Waals surface area contributed by atoms with Crippen LogP contribution in [-0.4, -0.2) is 109 Å². The number of ketones is 1. The molecule has 0 spiro atoms. The van der Waals surface area contributed by atoms with Crippen LogP contribution in [0.3, 0.4) is 0 Å². The maximum atomic E-state index is 12.9. The van der Waals surface area contributed by atoms with Crippen LogP contribution in [0.4, 0.5) is 4.79 Å². The first-order valence-corrected chi connectivity index (χ1v) is 14.6. The fourth-order valence-electron chi connectivity index (χ4n) is 4.69. The molecule has 1 unspecified atom stereocenters. The number of likely N-dealkylation sites (tertiary alicyclic amines) is 1. The molecule has 0 radical (unpaired) electrons. The number of amides is 2. The standard InChI is InChI=1S/C30H43N3O9.ClH/c1-6-39-27(36)19-40-24-9-7-22(8-10-24)25(34)17-33-16-15-32(18-26(33)35)23-11-13-31(14-12-23)30(38)42-29(21(4)5)41-28(37)20(2)3;/h7-10,20-21,23,29H,6,11-19H2,1-5H3;1H. The zero-order valence-electron chi connectivity index (χ0n) is 25.6. The zero-order chi connectivity index (χ0) is 30.8. The summed E-state index contributed by atoms with van der Waals surface area (Å²) in [5.41, 5.74) is 0.451. The SMILES string of the molecule is CCOC(=O)COc1ccc(C(=O)CN2CCN(C3CCN(C(=O)OC(OC(=O)C(C)C)C(C)C)CC3)CC2=O)cc1.Cl. The van der Waals surface area contributed by atoms with Crippen molar-refractivity contribution in [2.75, 3.05) is 52.5 Å². The van der Waals surface area contributed by atoms with E-state index in [-0.39, 0.29) is 68.3 Å². The third-order valence-electron chi connectivity index (χ3n) is 7.23. The number of nitrogens with zero attached hydrogens (tertiary/aromatic N) is 3. The molecule has 240 valence electrons. The van der Waals surface area contributed by atoms with Gasteiger partial charge in [0.05, 0.1) is 25.6 Å². The molecule has 0 saturated carbocycles. The molecule has 2 saturated heterocycles. The second-order valence-corrected chi connectivity index (χ2v) is 11.1. The fraction of sp³-hybridized carbons (Fsp3) is 0.633. The van der Waals surface area contributed by atoms with Gasteiger partial charge in [-0.05, 0) is 44.0 Å². The number of carbonyl (C=O) groups excluding carboxylic acids is 5. The third-order valence-corrected chi connectivity index (χ3v) is 7.23. The van der Waals surface area contributed by atoms with E-state index in [9.17, 15) is 24.0 Å². The highest BCUT2D eigenvalue weighted by Crippen LogP contribution is 2.21. The summed E-state index contributed by atoms with van der Waals surface area (Å²) in [4.78, 5) is 67.2. The number of Topliss-reactive ketones (excluding diaryl/α,β-unsaturated/α-hetero) is 1. The lowest BCUT2D eigenvalue weighted by Crippen LogP contribution is -2.56. The van der Waals surface area contributed by atoms with E-state index in [4.69, 9.17) is 18.9 Å². The lowest BCUT2D eigenvalue weighted by atomic mass is 10.0. The predicted molar refractivity (Wildman–Crippen MR) is 159 cm³/mol. The van der Waals surface area contributed by atoms with Gasteiger partial charge in [0.1, 0.15) is 5.75 Å². The molecule has 0 aliphatic carbocycles. The number of ether oxygens (including phenoxy) is 4. The topological polar surface area (TPSA) is 132 Å². The minimum absolute atomic E-state index is 0. The van der Waals surface area contributed by atoms with Crippen LogP contribution in [0.2, 0.25) is 0 Å².